The molecule has 3 fully saturated rings. The Morgan fingerprint density at radius 2 is 1.72 bits per heavy atom. The summed E-state index contributed by atoms with van der Waals surface area (Å²) in [5, 5.41) is 11.9. The fourth-order valence-corrected chi connectivity index (χ4v) is 5.83. The monoisotopic (exact) mass is 441 g/mol. The van der Waals surface area contributed by atoms with Crippen LogP contribution in [0.3, 0.4) is 0 Å². The number of benzene rings is 1. The molecule has 32 heavy (non-hydrogen) atoms. The number of likely N-dealkylation sites (tertiary alicyclic amines) is 1. The van der Waals surface area contributed by atoms with Gasteiger partial charge in [-0.15, -0.1) is 0 Å². The smallest absolute Gasteiger partial charge is 0.242 e. The Bertz CT molecular complexity index is 852. The van der Waals surface area contributed by atoms with E-state index in [-0.39, 0.29) is 29.7 Å². The van der Waals surface area contributed by atoms with E-state index >= 15 is 0 Å². The van der Waals surface area contributed by atoms with Crippen molar-refractivity contribution in [3.8, 4) is 0 Å². The number of hydrogen-bond acceptors (Lipinski definition) is 4. The first kappa shape index (κ1) is 22.8. The molecule has 0 radical (unpaired) electrons. The van der Waals surface area contributed by atoms with Crippen molar-refractivity contribution in [2.24, 2.45) is 5.41 Å². The zero-order valence-corrected chi connectivity index (χ0v) is 19.1. The van der Waals surface area contributed by atoms with Crippen LogP contribution in [0.5, 0.6) is 0 Å². The highest BCUT2D eigenvalue weighted by Gasteiger charge is 2.56. The molecule has 3 amide bonds. The number of aliphatic hydroxyl groups is 1. The van der Waals surface area contributed by atoms with Gasteiger partial charge in [-0.05, 0) is 31.2 Å². The number of carbonyl (C=O) groups excluding carboxylic acids is 3. The summed E-state index contributed by atoms with van der Waals surface area (Å²) in [6, 6.07) is 10.1. The lowest BCUT2D eigenvalue weighted by atomic mass is 9.65. The summed E-state index contributed by atoms with van der Waals surface area (Å²) in [4.78, 5) is 42.5. The standard InChI is InChI=1S/C25H35N3O4/c1-20(29)26-15-16-28(23(31)17-26)19-25(32)13-14-27(18-24(25)11-5-6-12-24)22(30)10-9-21-7-3-2-4-8-21/h2-4,7-8,32H,5-6,9-19H2,1H3. The molecule has 1 saturated carbocycles. The van der Waals surface area contributed by atoms with Gasteiger partial charge in [0.1, 0.15) is 0 Å². The van der Waals surface area contributed by atoms with Gasteiger partial charge in [-0.25, -0.2) is 0 Å². The third-order valence-corrected chi connectivity index (χ3v) is 7.88. The second kappa shape index (κ2) is 9.22. The van der Waals surface area contributed by atoms with Gasteiger partial charge >= 0.3 is 0 Å². The molecule has 2 heterocycles. The maximum Gasteiger partial charge on any atom is 0.242 e. The molecule has 1 aliphatic carbocycles. The van der Waals surface area contributed by atoms with Crippen molar-refractivity contribution in [1.29, 1.82) is 0 Å². The highest BCUT2D eigenvalue weighted by atomic mass is 16.3. The van der Waals surface area contributed by atoms with Crippen molar-refractivity contribution in [3.05, 3.63) is 35.9 Å². The quantitative estimate of drug-likeness (QED) is 0.756. The van der Waals surface area contributed by atoms with Crippen LogP contribution < -0.4 is 0 Å². The first-order valence-electron chi connectivity index (χ1n) is 11.9. The number of nitrogens with zero attached hydrogens (tertiary/aromatic N) is 3. The number of rotatable bonds is 5. The van der Waals surface area contributed by atoms with Crippen molar-refractivity contribution in [1.82, 2.24) is 14.7 Å². The average molecular weight is 442 g/mol. The molecular formula is C25H35N3O4. The van der Waals surface area contributed by atoms with E-state index in [1.807, 2.05) is 35.2 Å². The highest BCUT2D eigenvalue weighted by molar-refractivity contribution is 5.85. The zero-order valence-electron chi connectivity index (χ0n) is 19.1. The fourth-order valence-electron chi connectivity index (χ4n) is 5.83. The van der Waals surface area contributed by atoms with Crippen LogP contribution in [0.15, 0.2) is 30.3 Å². The molecule has 1 N–H and O–H groups in total. The Hall–Kier alpha value is -2.41. The summed E-state index contributed by atoms with van der Waals surface area (Å²) >= 11 is 0. The van der Waals surface area contributed by atoms with Crippen molar-refractivity contribution >= 4 is 17.7 Å². The molecule has 4 rings (SSSR count). The number of carbonyl (C=O) groups is 3. The van der Waals surface area contributed by atoms with Gasteiger partial charge in [0.25, 0.3) is 0 Å². The molecule has 0 aromatic heterocycles. The van der Waals surface area contributed by atoms with Gasteiger partial charge in [-0.2, -0.15) is 0 Å². The third kappa shape index (κ3) is 4.53. The zero-order chi connectivity index (χ0) is 22.8. The lowest BCUT2D eigenvalue weighted by molar-refractivity contribution is -0.170. The van der Waals surface area contributed by atoms with Crippen molar-refractivity contribution in [2.75, 3.05) is 39.3 Å². The molecule has 2 aliphatic heterocycles. The lowest BCUT2D eigenvalue weighted by Crippen LogP contribution is -2.66. The largest absolute Gasteiger partial charge is 0.387 e. The molecule has 1 atom stereocenters. The van der Waals surface area contributed by atoms with Crippen LogP contribution in [0, 0.1) is 5.41 Å². The van der Waals surface area contributed by atoms with Crippen LogP contribution in [0.1, 0.15) is 51.0 Å². The number of aryl methyl sites for hydroxylation is 1. The minimum Gasteiger partial charge on any atom is -0.387 e. The van der Waals surface area contributed by atoms with Gasteiger partial charge < -0.3 is 19.8 Å². The summed E-state index contributed by atoms with van der Waals surface area (Å²) in [5.41, 5.74) is -0.187. The summed E-state index contributed by atoms with van der Waals surface area (Å²) in [7, 11) is 0. The second-order valence-electron chi connectivity index (χ2n) is 9.83. The van der Waals surface area contributed by atoms with E-state index in [0.717, 1.165) is 37.7 Å². The Kier molecular flexibility index (Phi) is 6.56. The van der Waals surface area contributed by atoms with E-state index in [4.69, 9.17) is 0 Å². The average Bonchev–Trinajstić information content (AvgIpc) is 3.26. The van der Waals surface area contributed by atoms with Crippen molar-refractivity contribution in [2.45, 2.75) is 57.5 Å². The van der Waals surface area contributed by atoms with E-state index in [2.05, 4.69) is 0 Å². The number of piperidine rings is 1. The van der Waals surface area contributed by atoms with E-state index in [9.17, 15) is 19.5 Å². The first-order valence-corrected chi connectivity index (χ1v) is 11.9. The van der Waals surface area contributed by atoms with E-state index in [0.29, 0.717) is 45.6 Å². The van der Waals surface area contributed by atoms with E-state index < -0.39 is 5.60 Å². The number of piperazine rings is 1. The Morgan fingerprint density at radius 1 is 1.00 bits per heavy atom. The molecule has 7 nitrogen and oxygen atoms in total. The predicted octanol–water partition coefficient (Wildman–Crippen LogP) is 1.83. The number of β-amino-alcohol motifs (C(OH)–C–C–N with tert-alkyl or cyclic N) is 1. The maximum absolute atomic E-state index is 13.0. The molecule has 3 aliphatic rings. The SMILES string of the molecule is CC(=O)N1CCN(CC2(O)CCN(C(=O)CCc3ccccc3)CC23CCCC3)C(=O)C1. The van der Waals surface area contributed by atoms with Gasteiger partial charge in [-0.1, -0.05) is 43.2 Å². The summed E-state index contributed by atoms with van der Waals surface area (Å²) in [6.07, 6.45) is 5.54. The Balaban J connectivity index is 1.41. The molecule has 1 unspecified atom stereocenters. The minimum absolute atomic E-state index is 0.0858. The number of hydrogen-bond donors (Lipinski definition) is 1. The predicted molar refractivity (Wildman–Crippen MR) is 121 cm³/mol. The highest BCUT2D eigenvalue weighted by Crippen LogP contribution is 2.51. The maximum atomic E-state index is 13.0. The Labute approximate surface area is 190 Å². The van der Waals surface area contributed by atoms with Crippen LogP contribution in [0.2, 0.25) is 0 Å². The fraction of sp³-hybridized carbons (Fsp3) is 0.640. The van der Waals surface area contributed by atoms with Crippen LogP contribution in [-0.4, -0.2) is 82.4 Å². The van der Waals surface area contributed by atoms with Gasteiger partial charge in [0, 0.05) is 44.9 Å². The van der Waals surface area contributed by atoms with E-state index in [1.54, 1.807) is 9.80 Å². The van der Waals surface area contributed by atoms with Gasteiger partial charge in [0.15, 0.2) is 0 Å². The summed E-state index contributed by atoms with van der Waals surface area (Å²) in [5.74, 6) is -0.0472. The molecule has 1 spiro atoms. The van der Waals surface area contributed by atoms with Crippen molar-refractivity contribution < 1.29 is 19.5 Å². The lowest BCUT2D eigenvalue weighted by Gasteiger charge is -2.54. The van der Waals surface area contributed by atoms with Crippen LogP contribution in [0.4, 0.5) is 0 Å². The summed E-state index contributed by atoms with van der Waals surface area (Å²) < 4.78 is 0. The molecule has 1 aromatic rings. The van der Waals surface area contributed by atoms with Crippen LogP contribution in [-0.2, 0) is 20.8 Å². The topological polar surface area (TPSA) is 81.2 Å². The molecule has 0 bridgehead atoms. The first-order chi connectivity index (χ1) is 15.3. The molecule has 2 saturated heterocycles. The summed E-state index contributed by atoms with van der Waals surface area (Å²) in [6.45, 7) is 3.91. The van der Waals surface area contributed by atoms with Gasteiger partial charge in [0.2, 0.25) is 17.7 Å². The van der Waals surface area contributed by atoms with E-state index in [1.165, 1.54) is 6.92 Å². The second-order valence-corrected chi connectivity index (χ2v) is 9.83. The van der Waals surface area contributed by atoms with Gasteiger partial charge in [-0.3, -0.25) is 14.4 Å². The Morgan fingerprint density at radius 3 is 2.38 bits per heavy atom. The third-order valence-electron chi connectivity index (χ3n) is 7.88. The number of amides is 3. The van der Waals surface area contributed by atoms with Crippen LogP contribution in [0.25, 0.3) is 0 Å². The normalized spacial score (nSPS) is 25.4. The van der Waals surface area contributed by atoms with Gasteiger partial charge in [0.05, 0.1) is 18.7 Å². The molecular weight excluding hydrogens is 406 g/mol. The minimum atomic E-state index is -0.992. The van der Waals surface area contributed by atoms with Crippen LogP contribution >= 0.6 is 0 Å². The molecule has 7 heteroatoms. The van der Waals surface area contributed by atoms with Crippen molar-refractivity contribution in [3.63, 3.8) is 0 Å². The molecule has 174 valence electrons. The molecule has 1 aromatic carbocycles.